The van der Waals surface area contributed by atoms with Crippen LogP contribution in [0.4, 0.5) is 0 Å². The zero-order valence-electron chi connectivity index (χ0n) is 24.6. The van der Waals surface area contributed by atoms with Gasteiger partial charge in [-0.05, 0) is 57.7 Å². The van der Waals surface area contributed by atoms with Crippen LogP contribution in [-0.2, 0) is 28.3 Å². The molecule has 1 amide bonds. The number of Topliss-reactive ketones (excluding diaryl/α,β-unsaturated/α-hetero) is 1. The van der Waals surface area contributed by atoms with Gasteiger partial charge < -0.3 is 18.8 Å². The zero-order chi connectivity index (χ0) is 27.8. The van der Waals surface area contributed by atoms with Crippen LogP contribution < -0.4 is 0 Å². The highest BCUT2D eigenvalue weighted by Gasteiger charge is 2.51. The molecule has 2 heterocycles. The van der Waals surface area contributed by atoms with Gasteiger partial charge in [0, 0.05) is 31.2 Å². The summed E-state index contributed by atoms with van der Waals surface area (Å²) in [4.78, 5) is 40.6. The third-order valence-electron chi connectivity index (χ3n) is 7.82. The summed E-state index contributed by atoms with van der Waals surface area (Å²) in [5, 5.41) is 0.0128. The maximum absolute atomic E-state index is 13.8. The van der Waals surface area contributed by atoms with Crippen LogP contribution in [0.2, 0.25) is 18.1 Å². The molecule has 2 rings (SSSR count). The average molecular weight is 524 g/mol. The number of nitrogens with zero attached hydrogens (tertiary/aromatic N) is 1. The van der Waals surface area contributed by atoms with E-state index in [0.717, 1.165) is 6.42 Å². The van der Waals surface area contributed by atoms with Gasteiger partial charge in [0.25, 0.3) is 0 Å². The fourth-order valence-electron chi connectivity index (χ4n) is 4.75. The fourth-order valence-corrected chi connectivity index (χ4v) is 6.12. The van der Waals surface area contributed by atoms with Gasteiger partial charge in [0.05, 0.1) is 12.2 Å². The monoisotopic (exact) mass is 523 g/mol. The molecule has 0 aromatic heterocycles. The van der Waals surface area contributed by atoms with Crippen LogP contribution >= 0.6 is 0 Å². The summed E-state index contributed by atoms with van der Waals surface area (Å²) < 4.78 is 18.7. The van der Waals surface area contributed by atoms with Crippen molar-refractivity contribution >= 4 is 26.0 Å². The zero-order valence-corrected chi connectivity index (χ0v) is 25.6. The maximum Gasteiger partial charge on any atom is 0.306 e. The third-order valence-corrected chi connectivity index (χ3v) is 12.3. The Bertz CT molecular complexity index is 868. The van der Waals surface area contributed by atoms with Crippen molar-refractivity contribution in [2.24, 2.45) is 17.8 Å². The Balaban J connectivity index is 2.30. The minimum absolute atomic E-state index is 0.0128. The van der Waals surface area contributed by atoms with Gasteiger partial charge in [-0.15, -0.1) is 0 Å². The molecule has 7 nitrogen and oxygen atoms in total. The molecule has 0 bridgehead atoms. The Labute approximate surface area is 219 Å². The number of carbonyl (C=O) groups is 3. The Morgan fingerprint density at radius 3 is 2.25 bits per heavy atom. The predicted octanol–water partition coefficient (Wildman–Crippen LogP) is 5.49. The number of carbonyl (C=O) groups excluding carboxylic acids is 3. The lowest BCUT2D eigenvalue weighted by molar-refractivity contribution is -0.156. The summed E-state index contributed by atoms with van der Waals surface area (Å²) >= 11 is 0. The van der Waals surface area contributed by atoms with Gasteiger partial charge in [0.15, 0.2) is 14.1 Å². The highest BCUT2D eigenvalue weighted by atomic mass is 28.4. The molecule has 2 aliphatic rings. The second-order valence-corrected chi connectivity index (χ2v) is 18.0. The Morgan fingerprint density at radius 1 is 1.17 bits per heavy atom. The minimum atomic E-state index is -2.14. The molecule has 0 radical (unpaired) electrons. The standard InChI is InChI=1S/C28H49NO6Si/c1-13-21-18(3)24(35-36(11,12)28(7,8)9)25(33-21)20-16-29(10)26(32)19(23(20)31)14-17(2)15-22(30)34-27(4,5)6/h16-19,21,24-25H,13-15H2,1-12H3/t17-,18+,19?,21-,24?,25+/m1/s1. The van der Waals surface area contributed by atoms with Crippen LogP contribution in [0, 0.1) is 17.8 Å². The molecule has 0 aliphatic carbocycles. The maximum atomic E-state index is 13.8. The normalized spacial score (nSPS) is 28.8. The molecule has 0 aromatic carbocycles. The second-order valence-electron chi connectivity index (χ2n) is 13.3. The third kappa shape index (κ3) is 7.07. The molecule has 206 valence electrons. The van der Waals surface area contributed by atoms with Crippen molar-refractivity contribution in [3.63, 3.8) is 0 Å². The van der Waals surface area contributed by atoms with E-state index in [1.54, 1.807) is 13.2 Å². The van der Waals surface area contributed by atoms with E-state index in [4.69, 9.17) is 13.9 Å². The minimum Gasteiger partial charge on any atom is -0.460 e. The van der Waals surface area contributed by atoms with E-state index >= 15 is 0 Å². The summed E-state index contributed by atoms with van der Waals surface area (Å²) in [6, 6.07) is 0. The van der Waals surface area contributed by atoms with Crippen molar-refractivity contribution in [3.05, 3.63) is 11.8 Å². The van der Waals surface area contributed by atoms with Gasteiger partial charge in [-0.1, -0.05) is 41.5 Å². The molecule has 2 aliphatic heterocycles. The first-order valence-corrected chi connectivity index (χ1v) is 16.3. The Hall–Kier alpha value is -1.51. The van der Waals surface area contributed by atoms with Crippen LogP contribution in [0.1, 0.15) is 81.6 Å². The summed E-state index contributed by atoms with van der Waals surface area (Å²) in [6.45, 7) is 22.6. The van der Waals surface area contributed by atoms with Crippen LogP contribution in [-0.4, -0.2) is 61.8 Å². The molecule has 8 heteroatoms. The molecule has 6 atom stereocenters. The molecule has 0 aromatic rings. The SMILES string of the molecule is CC[C@H]1O[C@@H](C2=CN(C)C(=O)C(C[C@@H](C)CC(=O)OC(C)(C)C)C2=O)C(O[Si](C)(C)C(C)(C)C)[C@H]1C. The molecule has 1 saturated heterocycles. The van der Waals surface area contributed by atoms with E-state index in [2.05, 4.69) is 47.7 Å². The average Bonchev–Trinajstić information content (AvgIpc) is 3.00. The van der Waals surface area contributed by atoms with Crippen molar-refractivity contribution in [1.29, 1.82) is 0 Å². The smallest absolute Gasteiger partial charge is 0.306 e. The molecular weight excluding hydrogens is 474 g/mol. The van der Waals surface area contributed by atoms with E-state index in [1.165, 1.54) is 4.90 Å². The highest BCUT2D eigenvalue weighted by molar-refractivity contribution is 6.74. The van der Waals surface area contributed by atoms with E-state index in [-0.39, 0.29) is 59.6 Å². The Morgan fingerprint density at radius 2 is 1.75 bits per heavy atom. The van der Waals surface area contributed by atoms with E-state index < -0.39 is 25.9 Å². The quantitative estimate of drug-likeness (QED) is 0.238. The lowest BCUT2D eigenvalue weighted by atomic mass is 9.82. The van der Waals surface area contributed by atoms with Gasteiger partial charge >= 0.3 is 5.97 Å². The van der Waals surface area contributed by atoms with Gasteiger partial charge in [-0.25, -0.2) is 0 Å². The van der Waals surface area contributed by atoms with Crippen LogP contribution in [0.15, 0.2) is 11.8 Å². The van der Waals surface area contributed by atoms with Gasteiger partial charge in [-0.2, -0.15) is 0 Å². The summed E-state index contributed by atoms with van der Waals surface area (Å²) in [6.07, 6.45) is 2.09. The van der Waals surface area contributed by atoms with Crippen molar-refractivity contribution in [2.45, 2.75) is 124 Å². The Kier molecular flexibility index (Phi) is 9.45. The first-order valence-electron chi connectivity index (χ1n) is 13.4. The van der Waals surface area contributed by atoms with E-state index in [0.29, 0.717) is 5.57 Å². The molecular formula is C28H49NO6Si. The van der Waals surface area contributed by atoms with Crippen LogP contribution in [0.25, 0.3) is 0 Å². The molecule has 2 unspecified atom stereocenters. The summed E-state index contributed by atoms with van der Waals surface area (Å²) in [5.41, 5.74) is -0.0763. The van der Waals surface area contributed by atoms with Gasteiger partial charge in [-0.3, -0.25) is 14.4 Å². The second kappa shape index (κ2) is 11.1. The summed E-state index contributed by atoms with van der Waals surface area (Å²) in [5.74, 6) is -1.70. The first-order chi connectivity index (χ1) is 16.3. The van der Waals surface area contributed by atoms with Crippen LogP contribution in [0.3, 0.4) is 0 Å². The number of ketones is 1. The highest BCUT2D eigenvalue weighted by Crippen LogP contribution is 2.44. The number of esters is 1. The number of rotatable bonds is 8. The largest absolute Gasteiger partial charge is 0.460 e. The lowest BCUT2D eigenvalue weighted by Gasteiger charge is -2.41. The number of amides is 1. The van der Waals surface area contributed by atoms with Crippen LogP contribution in [0.5, 0.6) is 0 Å². The first kappa shape index (κ1) is 30.7. The van der Waals surface area contributed by atoms with E-state index in [9.17, 15) is 14.4 Å². The molecule has 0 saturated carbocycles. The molecule has 0 spiro atoms. The lowest BCUT2D eigenvalue weighted by Crippen LogP contribution is -2.50. The predicted molar refractivity (Wildman–Crippen MR) is 144 cm³/mol. The van der Waals surface area contributed by atoms with Crippen molar-refractivity contribution < 1.29 is 28.3 Å². The van der Waals surface area contributed by atoms with Crippen molar-refractivity contribution in [2.75, 3.05) is 7.05 Å². The number of hydrogen-bond acceptors (Lipinski definition) is 6. The van der Waals surface area contributed by atoms with Crippen molar-refractivity contribution in [1.82, 2.24) is 4.90 Å². The van der Waals surface area contributed by atoms with Gasteiger partial charge in [0.2, 0.25) is 5.91 Å². The van der Waals surface area contributed by atoms with E-state index in [1.807, 2.05) is 27.7 Å². The topological polar surface area (TPSA) is 82.1 Å². The number of ether oxygens (including phenoxy) is 2. The molecule has 36 heavy (non-hydrogen) atoms. The summed E-state index contributed by atoms with van der Waals surface area (Å²) in [7, 11) is -0.464. The molecule has 1 fully saturated rings. The van der Waals surface area contributed by atoms with Crippen molar-refractivity contribution in [3.8, 4) is 0 Å². The molecule has 0 N–H and O–H groups in total. The van der Waals surface area contributed by atoms with Gasteiger partial charge in [0.1, 0.15) is 17.6 Å². The number of hydrogen-bond donors (Lipinski definition) is 0. The fraction of sp³-hybridized carbons (Fsp3) is 0.821.